The Hall–Kier alpha value is -3.32. The Bertz CT molecular complexity index is 1250. The number of nitrogens with zero attached hydrogens (tertiary/aromatic N) is 4. The van der Waals surface area contributed by atoms with Crippen molar-refractivity contribution >= 4 is 44.3 Å². The molecule has 0 radical (unpaired) electrons. The van der Waals surface area contributed by atoms with Gasteiger partial charge in [0.2, 0.25) is 0 Å². The number of hydrogen-bond acceptors (Lipinski definition) is 4. The number of para-hydroxylation sites is 1. The lowest BCUT2D eigenvalue weighted by atomic mass is 9.95. The maximum absolute atomic E-state index is 13.8. The van der Waals surface area contributed by atoms with Crippen molar-refractivity contribution in [3.63, 3.8) is 0 Å². The Balaban J connectivity index is 1.78. The molecule has 0 spiro atoms. The normalized spacial score (nSPS) is 13.0. The second-order valence-corrected chi connectivity index (χ2v) is 8.79. The van der Waals surface area contributed by atoms with Gasteiger partial charge in [-0.2, -0.15) is 0 Å². The van der Waals surface area contributed by atoms with E-state index in [0.717, 1.165) is 11.1 Å². The zero-order valence-electron chi connectivity index (χ0n) is 17.2. The third kappa shape index (κ3) is 4.01. The van der Waals surface area contributed by atoms with Crippen LogP contribution in [0, 0.1) is 6.92 Å². The van der Waals surface area contributed by atoms with Crippen LogP contribution in [0.25, 0.3) is 11.0 Å². The highest BCUT2D eigenvalue weighted by atomic mass is 79.9. The van der Waals surface area contributed by atoms with Gasteiger partial charge in [0.1, 0.15) is 5.52 Å². The molecule has 1 atom stereocenters. The molecule has 1 amide bonds. The Kier molecular flexibility index (Phi) is 5.69. The molecule has 1 unspecified atom stereocenters. The summed E-state index contributed by atoms with van der Waals surface area (Å²) in [5.74, 6) is -0.719. The molecule has 6 nitrogen and oxygen atoms in total. The fourth-order valence-corrected chi connectivity index (χ4v) is 4.25. The van der Waals surface area contributed by atoms with E-state index >= 15 is 0 Å². The molecule has 0 aliphatic rings. The summed E-state index contributed by atoms with van der Waals surface area (Å²) in [6.45, 7) is 1.95. The highest BCUT2D eigenvalue weighted by Crippen LogP contribution is 2.31. The number of aromatic nitrogens is 3. The molecule has 31 heavy (non-hydrogen) atoms. The third-order valence-corrected chi connectivity index (χ3v) is 6.17. The van der Waals surface area contributed by atoms with Gasteiger partial charge in [-0.1, -0.05) is 75.7 Å². The molecule has 0 bridgehead atoms. The van der Waals surface area contributed by atoms with Crippen LogP contribution >= 0.6 is 15.9 Å². The number of hydrogen-bond donors (Lipinski definition) is 0. The molecule has 0 saturated carbocycles. The minimum absolute atomic E-state index is 0.00374. The van der Waals surface area contributed by atoms with Crippen molar-refractivity contribution < 1.29 is 9.59 Å². The van der Waals surface area contributed by atoms with Gasteiger partial charge in [-0.3, -0.25) is 9.59 Å². The number of carbonyl (C=O) groups is 2. The van der Waals surface area contributed by atoms with E-state index in [0.29, 0.717) is 16.8 Å². The lowest BCUT2D eigenvalue weighted by molar-refractivity contribution is -0.119. The van der Waals surface area contributed by atoms with Crippen molar-refractivity contribution in [1.82, 2.24) is 15.0 Å². The lowest BCUT2D eigenvalue weighted by Crippen LogP contribution is -2.51. The van der Waals surface area contributed by atoms with E-state index in [2.05, 4.69) is 26.2 Å². The topological polar surface area (TPSA) is 68.1 Å². The van der Waals surface area contributed by atoms with Crippen LogP contribution in [0.1, 0.15) is 15.9 Å². The summed E-state index contributed by atoms with van der Waals surface area (Å²) in [5, 5.41) is 8.36. The first-order valence-corrected chi connectivity index (χ1v) is 10.6. The van der Waals surface area contributed by atoms with Gasteiger partial charge in [0.15, 0.2) is 10.1 Å². The Morgan fingerprint density at radius 3 is 2.45 bits per heavy atom. The van der Waals surface area contributed by atoms with E-state index in [4.69, 9.17) is 0 Å². The molecular weight excluding hydrogens is 456 g/mol. The molecule has 0 fully saturated rings. The van der Waals surface area contributed by atoms with Gasteiger partial charge in [0.25, 0.3) is 5.91 Å². The van der Waals surface area contributed by atoms with Gasteiger partial charge in [-0.25, -0.2) is 4.68 Å². The van der Waals surface area contributed by atoms with E-state index in [1.807, 2.05) is 61.5 Å². The van der Waals surface area contributed by atoms with E-state index in [1.165, 1.54) is 4.90 Å². The highest BCUT2D eigenvalue weighted by molar-refractivity contribution is 9.10. The van der Waals surface area contributed by atoms with Gasteiger partial charge >= 0.3 is 0 Å². The molecule has 0 aliphatic heterocycles. The van der Waals surface area contributed by atoms with E-state index < -0.39 is 4.32 Å². The average molecular weight is 477 g/mol. The fraction of sp³-hybridized carbons (Fsp3) is 0.167. The van der Waals surface area contributed by atoms with E-state index in [9.17, 15) is 9.59 Å². The average Bonchev–Trinajstić information content (AvgIpc) is 3.20. The zero-order chi connectivity index (χ0) is 22.0. The number of carbonyl (C=O) groups excluding carboxylic acids is 2. The van der Waals surface area contributed by atoms with Crippen molar-refractivity contribution in [3.8, 4) is 0 Å². The summed E-state index contributed by atoms with van der Waals surface area (Å²) < 4.78 is 0.0240. The number of alkyl halides is 1. The molecule has 4 aromatic rings. The molecule has 156 valence electrons. The maximum atomic E-state index is 13.8. The molecule has 1 heterocycles. The third-order valence-electron chi connectivity index (χ3n) is 5.22. The maximum Gasteiger partial charge on any atom is 0.253 e. The first kappa shape index (κ1) is 20.9. The van der Waals surface area contributed by atoms with Gasteiger partial charge in [0, 0.05) is 18.3 Å². The number of rotatable bonds is 6. The van der Waals surface area contributed by atoms with Crippen LogP contribution < -0.4 is 4.90 Å². The van der Waals surface area contributed by atoms with Crippen LogP contribution in [0.4, 0.5) is 5.69 Å². The second kappa shape index (κ2) is 8.43. The van der Waals surface area contributed by atoms with Crippen LogP contribution in [0.3, 0.4) is 0 Å². The van der Waals surface area contributed by atoms with Crippen LogP contribution in [0.15, 0.2) is 78.9 Å². The number of anilines is 1. The van der Waals surface area contributed by atoms with Gasteiger partial charge in [0.05, 0.1) is 12.1 Å². The van der Waals surface area contributed by atoms with Crippen molar-refractivity contribution in [2.45, 2.75) is 17.8 Å². The predicted octanol–water partition coefficient (Wildman–Crippen LogP) is 4.42. The van der Waals surface area contributed by atoms with Crippen molar-refractivity contribution in [2.24, 2.45) is 0 Å². The number of aryl methyl sites for hydroxylation is 1. The van der Waals surface area contributed by atoms with Crippen LogP contribution in [0.5, 0.6) is 0 Å². The Morgan fingerprint density at radius 2 is 1.71 bits per heavy atom. The molecule has 0 saturated heterocycles. The number of benzene rings is 3. The lowest BCUT2D eigenvalue weighted by Gasteiger charge is -2.30. The highest BCUT2D eigenvalue weighted by Gasteiger charge is 2.47. The Labute approximate surface area is 188 Å². The zero-order valence-corrected chi connectivity index (χ0v) is 18.8. The van der Waals surface area contributed by atoms with E-state index in [1.54, 1.807) is 36.0 Å². The molecule has 0 aliphatic carbocycles. The summed E-state index contributed by atoms with van der Waals surface area (Å²) in [6.07, 6.45) is 0. The second-order valence-electron chi connectivity index (χ2n) is 7.44. The summed E-state index contributed by atoms with van der Waals surface area (Å²) in [4.78, 5) is 28.9. The minimum Gasteiger partial charge on any atom is -0.314 e. The van der Waals surface area contributed by atoms with Gasteiger partial charge in [-0.05, 0) is 36.8 Å². The Morgan fingerprint density at radius 1 is 1.00 bits per heavy atom. The molecule has 7 heteroatoms. The number of amides is 1. The van der Waals surface area contributed by atoms with Crippen LogP contribution in [-0.4, -0.2) is 38.1 Å². The quantitative estimate of drug-likeness (QED) is 0.234. The van der Waals surface area contributed by atoms with Crippen molar-refractivity contribution in [3.05, 3.63) is 90.0 Å². The van der Waals surface area contributed by atoms with Crippen LogP contribution in [-0.2, 0) is 11.3 Å². The number of halogens is 1. The number of ketones is 1. The first-order chi connectivity index (χ1) is 14.9. The van der Waals surface area contributed by atoms with Gasteiger partial charge < -0.3 is 4.90 Å². The van der Waals surface area contributed by atoms with Gasteiger partial charge in [-0.15, -0.1) is 5.10 Å². The monoisotopic (exact) mass is 476 g/mol. The smallest absolute Gasteiger partial charge is 0.253 e. The predicted molar refractivity (Wildman–Crippen MR) is 125 cm³/mol. The minimum atomic E-state index is -1.57. The SMILES string of the molecule is Cc1cccc(N(C)C(=O)C(Br)(Cn2nnc3ccccc32)C(=O)c2ccccc2)c1. The summed E-state index contributed by atoms with van der Waals surface area (Å²) in [7, 11) is 1.67. The first-order valence-electron chi connectivity index (χ1n) is 9.82. The molecule has 4 rings (SSSR count). The van der Waals surface area contributed by atoms with E-state index in [-0.39, 0.29) is 18.2 Å². The molecular formula is C24H21BrN4O2. The molecule has 0 N–H and O–H groups in total. The van der Waals surface area contributed by atoms with Crippen molar-refractivity contribution in [2.75, 3.05) is 11.9 Å². The molecule has 1 aromatic heterocycles. The summed E-state index contributed by atoms with van der Waals surface area (Å²) in [5.41, 5.74) is 3.61. The van der Waals surface area contributed by atoms with Crippen LogP contribution in [0.2, 0.25) is 0 Å². The standard InChI is InChI=1S/C24H21BrN4O2/c1-17-9-8-12-19(15-17)28(2)23(31)24(25,22(30)18-10-4-3-5-11-18)16-29-21-14-7-6-13-20(21)26-27-29/h3-15H,16H2,1-2H3. The number of fused-ring (bicyclic) bond motifs is 1. The van der Waals surface area contributed by atoms with Crippen molar-refractivity contribution in [1.29, 1.82) is 0 Å². The fourth-order valence-electron chi connectivity index (χ4n) is 3.52. The summed E-state index contributed by atoms with van der Waals surface area (Å²) in [6, 6.07) is 23.8. The summed E-state index contributed by atoms with van der Waals surface area (Å²) >= 11 is 3.55. The molecule has 3 aromatic carbocycles. The number of Topliss-reactive ketones (excluding diaryl/α,β-unsaturated/α-hetero) is 1. The largest absolute Gasteiger partial charge is 0.314 e.